The van der Waals surface area contributed by atoms with Crippen molar-refractivity contribution in [3.8, 4) is 0 Å². The van der Waals surface area contributed by atoms with E-state index in [1.807, 2.05) is 37.2 Å². The molecule has 37 heavy (non-hydrogen) atoms. The highest BCUT2D eigenvalue weighted by Crippen LogP contribution is 2.45. The Bertz CT molecular complexity index is 1550. The Labute approximate surface area is 218 Å². The number of aromatic nitrogens is 2. The van der Waals surface area contributed by atoms with Crippen LogP contribution in [0.4, 0.5) is 5.69 Å². The standard InChI is InChI=1S/C32H35N3O2/c1-7-34-20(3)29(24-13-9-11-15-27(24)34)31(23-18-17-22(33(5)6)19-26(23)32(36)37)30-21(4)35(8-2)28-16-12-10-14-25(28)30/h9-19,31H,7-8H2,1-6H3,(H,36,37). The van der Waals surface area contributed by atoms with Gasteiger partial charge in [0.2, 0.25) is 0 Å². The van der Waals surface area contributed by atoms with Gasteiger partial charge in [-0.25, -0.2) is 4.79 Å². The van der Waals surface area contributed by atoms with Gasteiger partial charge < -0.3 is 19.1 Å². The molecule has 0 saturated heterocycles. The second-order valence-corrected chi connectivity index (χ2v) is 9.93. The molecule has 0 aliphatic rings. The van der Waals surface area contributed by atoms with Crippen LogP contribution in [0.5, 0.6) is 0 Å². The first kappa shape index (κ1) is 24.7. The third kappa shape index (κ3) is 3.81. The first-order valence-electron chi connectivity index (χ1n) is 13.0. The third-order valence-corrected chi connectivity index (χ3v) is 7.86. The van der Waals surface area contributed by atoms with Gasteiger partial charge in [-0.1, -0.05) is 42.5 Å². The smallest absolute Gasteiger partial charge is 0.336 e. The average molecular weight is 494 g/mol. The molecule has 2 heterocycles. The minimum atomic E-state index is -0.905. The van der Waals surface area contributed by atoms with Gasteiger partial charge in [-0.2, -0.15) is 0 Å². The van der Waals surface area contributed by atoms with E-state index in [2.05, 4.69) is 85.4 Å². The molecule has 0 fully saturated rings. The quantitative estimate of drug-likeness (QED) is 0.261. The molecule has 0 bridgehead atoms. The normalized spacial score (nSPS) is 11.6. The number of fused-ring (bicyclic) bond motifs is 2. The maximum atomic E-state index is 12.8. The fourth-order valence-electron chi connectivity index (χ4n) is 6.17. The highest BCUT2D eigenvalue weighted by atomic mass is 16.4. The van der Waals surface area contributed by atoms with Gasteiger partial charge in [0.05, 0.1) is 5.56 Å². The summed E-state index contributed by atoms with van der Waals surface area (Å²) in [5.74, 6) is -1.14. The Morgan fingerprint density at radius 2 is 1.30 bits per heavy atom. The predicted octanol–water partition coefficient (Wildman–Crippen LogP) is 7.20. The third-order valence-electron chi connectivity index (χ3n) is 7.86. The van der Waals surface area contributed by atoms with Crippen molar-refractivity contribution in [2.24, 2.45) is 0 Å². The van der Waals surface area contributed by atoms with Crippen molar-refractivity contribution in [2.75, 3.05) is 19.0 Å². The van der Waals surface area contributed by atoms with Crippen molar-refractivity contribution >= 4 is 33.5 Å². The average Bonchev–Trinajstić information content (AvgIpc) is 3.34. The molecule has 190 valence electrons. The molecule has 0 aliphatic heterocycles. The predicted molar refractivity (Wildman–Crippen MR) is 153 cm³/mol. The summed E-state index contributed by atoms with van der Waals surface area (Å²) in [4.78, 5) is 14.7. The summed E-state index contributed by atoms with van der Waals surface area (Å²) in [5.41, 5.74) is 9.12. The maximum Gasteiger partial charge on any atom is 0.336 e. The lowest BCUT2D eigenvalue weighted by Crippen LogP contribution is -2.15. The van der Waals surface area contributed by atoms with E-state index >= 15 is 0 Å². The first-order chi connectivity index (χ1) is 17.8. The van der Waals surface area contributed by atoms with Crippen LogP contribution in [0.1, 0.15) is 58.2 Å². The van der Waals surface area contributed by atoms with E-state index in [1.165, 1.54) is 44.3 Å². The van der Waals surface area contributed by atoms with E-state index in [9.17, 15) is 9.90 Å². The highest BCUT2D eigenvalue weighted by Gasteiger charge is 2.32. The van der Waals surface area contributed by atoms with E-state index in [-0.39, 0.29) is 5.92 Å². The Morgan fingerprint density at radius 3 is 1.73 bits per heavy atom. The van der Waals surface area contributed by atoms with E-state index in [0.29, 0.717) is 5.56 Å². The molecule has 5 rings (SSSR count). The summed E-state index contributed by atoms with van der Waals surface area (Å²) in [6.07, 6.45) is 0. The van der Waals surface area contributed by atoms with Gasteiger partial charge >= 0.3 is 5.97 Å². The summed E-state index contributed by atoms with van der Waals surface area (Å²) >= 11 is 0. The van der Waals surface area contributed by atoms with Crippen LogP contribution in [-0.4, -0.2) is 34.3 Å². The van der Waals surface area contributed by atoms with Crippen LogP contribution in [0.2, 0.25) is 0 Å². The van der Waals surface area contributed by atoms with Crippen molar-refractivity contribution in [3.63, 3.8) is 0 Å². The Morgan fingerprint density at radius 1 is 0.811 bits per heavy atom. The molecule has 3 aromatic carbocycles. The Balaban J connectivity index is 1.96. The van der Waals surface area contributed by atoms with E-state index in [0.717, 1.165) is 24.3 Å². The molecule has 0 amide bonds. The SMILES string of the molecule is CCn1c(C)c(C(c2ccc(N(C)C)cc2C(=O)O)c2c(C)n(CC)c3ccccc23)c2ccccc21. The lowest BCUT2D eigenvalue weighted by Gasteiger charge is -2.24. The molecule has 1 N–H and O–H groups in total. The second-order valence-electron chi connectivity index (χ2n) is 9.93. The largest absolute Gasteiger partial charge is 0.478 e. The van der Waals surface area contributed by atoms with E-state index in [1.54, 1.807) is 0 Å². The Hall–Kier alpha value is -3.99. The number of carboxylic acid groups (broad SMARTS) is 1. The van der Waals surface area contributed by atoms with Crippen LogP contribution in [0, 0.1) is 13.8 Å². The highest BCUT2D eigenvalue weighted by molar-refractivity contribution is 5.95. The number of anilines is 1. The molecule has 5 aromatic rings. The summed E-state index contributed by atoms with van der Waals surface area (Å²) < 4.78 is 4.70. The number of hydrogen-bond acceptors (Lipinski definition) is 2. The zero-order valence-corrected chi connectivity index (χ0v) is 22.5. The molecule has 0 unspecified atom stereocenters. The number of benzene rings is 3. The molecular formula is C32H35N3O2. The summed E-state index contributed by atoms with van der Waals surface area (Å²) in [6.45, 7) is 10.4. The molecule has 0 radical (unpaired) electrons. The zero-order chi connectivity index (χ0) is 26.4. The van der Waals surface area contributed by atoms with Gasteiger partial charge in [0.1, 0.15) is 0 Å². The second kappa shape index (κ2) is 9.47. The zero-order valence-electron chi connectivity index (χ0n) is 22.5. The fraction of sp³-hybridized carbons (Fsp3) is 0.281. The topological polar surface area (TPSA) is 50.4 Å². The van der Waals surface area contributed by atoms with Gasteiger partial charge in [0.15, 0.2) is 0 Å². The van der Waals surface area contributed by atoms with Crippen molar-refractivity contribution < 1.29 is 9.90 Å². The number of para-hydroxylation sites is 2. The van der Waals surface area contributed by atoms with E-state index in [4.69, 9.17) is 0 Å². The molecule has 0 aliphatic carbocycles. The van der Waals surface area contributed by atoms with Crippen LogP contribution < -0.4 is 4.90 Å². The molecular weight excluding hydrogens is 458 g/mol. The van der Waals surface area contributed by atoms with Crippen LogP contribution in [-0.2, 0) is 13.1 Å². The van der Waals surface area contributed by atoms with Crippen molar-refractivity contribution in [1.29, 1.82) is 0 Å². The van der Waals surface area contributed by atoms with Crippen molar-refractivity contribution in [3.05, 3.63) is 100 Å². The summed E-state index contributed by atoms with van der Waals surface area (Å²) in [7, 11) is 3.88. The van der Waals surface area contributed by atoms with Crippen LogP contribution in [0.15, 0.2) is 66.7 Å². The van der Waals surface area contributed by atoms with Crippen molar-refractivity contribution in [1.82, 2.24) is 9.13 Å². The van der Waals surface area contributed by atoms with E-state index < -0.39 is 5.97 Å². The maximum absolute atomic E-state index is 12.8. The first-order valence-corrected chi connectivity index (χ1v) is 13.0. The molecule has 0 saturated carbocycles. The minimum Gasteiger partial charge on any atom is -0.478 e. The number of hydrogen-bond donors (Lipinski definition) is 1. The number of carbonyl (C=O) groups is 1. The molecule has 0 spiro atoms. The minimum absolute atomic E-state index is 0.238. The monoisotopic (exact) mass is 493 g/mol. The summed E-state index contributed by atoms with van der Waals surface area (Å²) in [5, 5.41) is 12.8. The molecule has 5 heteroatoms. The lowest BCUT2D eigenvalue weighted by atomic mass is 9.80. The number of aryl methyl sites for hydroxylation is 2. The number of rotatable bonds is 7. The van der Waals surface area contributed by atoms with Gasteiger partial charge in [0.25, 0.3) is 0 Å². The lowest BCUT2D eigenvalue weighted by molar-refractivity contribution is 0.0695. The molecule has 2 aromatic heterocycles. The molecule has 0 atom stereocenters. The van der Waals surface area contributed by atoms with Gasteiger partial charge in [-0.15, -0.1) is 0 Å². The fourth-order valence-corrected chi connectivity index (χ4v) is 6.17. The summed E-state index contributed by atoms with van der Waals surface area (Å²) in [6, 6.07) is 22.9. The number of nitrogens with zero attached hydrogens (tertiary/aromatic N) is 3. The number of aromatic carboxylic acids is 1. The van der Waals surface area contributed by atoms with Crippen LogP contribution in [0.25, 0.3) is 21.8 Å². The van der Waals surface area contributed by atoms with Crippen LogP contribution in [0.3, 0.4) is 0 Å². The van der Waals surface area contributed by atoms with Gasteiger partial charge in [0, 0.05) is 72.0 Å². The van der Waals surface area contributed by atoms with Crippen LogP contribution >= 0.6 is 0 Å². The number of carboxylic acids is 1. The molecule has 5 nitrogen and oxygen atoms in total. The Kier molecular flexibility index (Phi) is 6.32. The van der Waals surface area contributed by atoms with Crippen molar-refractivity contribution in [2.45, 2.75) is 46.7 Å². The van der Waals surface area contributed by atoms with Gasteiger partial charge in [-0.05, 0) is 68.7 Å². The van der Waals surface area contributed by atoms with Gasteiger partial charge in [-0.3, -0.25) is 0 Å².